The highest BCUT2D eigenvalue weighted by molar-refractivity contribution is 8.00. The number of hydrogen-bond donors (Lipinski definition) is 0. The summed E-state index contributed by atoms with van der Waals surface area (Å²) < 4.78 is 1.62. The second-order valence-electron chi connectivity index (χ2n) is 6.96. The second kappa shape index (κ2) is 9.59. The molecule has 1 aromatic heterocycles. The number of fused-ring (bicyclic) bond motifs is 1. The van der Waals surface area contributed by atoms with E-state index in [1.54, 1.807) is 29.5 Å². The maximum atomic E-state index is 13.4. The summed E-state index contributed by atoms with van der Waals surface area (Å²) in [6.07, 6.45) is 1.05. The third-order valence-corrected chi connectivity index (χ3v) is 5.96. The molecule has 0 saturated carbocycles. The molecule has 3 rings (SSSR count). The van der Waals surface area contributed by atoms with E-state index < -0.39 is 5.25 Å². The van der Waals surface area contributed by atoms with Crippen molar-refractivity contribution in [3.05, 3.63) is 64.4 Å². The molecular formula is C23H24N4O2S. The fourth-order valence-electron chi connectivity index (χ4n) is 3.28. The third kappa shape index (κ3) is 4.39. The molecule has 0 aliphatic heterocycles. The Hall–Kier alpha value is -3.11. The summed E-state index contributed by atoms with van der Waals surface area (Å²) in [4.78, 5) is 32.5. The van der Waals surface area contributed by atoms with Gasteiger partial charge in [0.25, 0.3) is 5.56 Å². The molecule has 0 aliphatic carbocycles. The van der Waals surface area contributed by atoms with Crippen molar-refractivity contribution >= 4 is 28.6 Å². The van der Waals surface area contributed by atoms with E-state index in [1.807, 2.05) is 49.4 Å². The lowest BCUT2D eigenvalue weighted by molar-refractivity contribution is -0.128. The van der Waals surface area contributed by atoms with Crippen LogP contribution < -0.4 is 5.56 Å². The molecule has 0 saturated heterocycles. The molecule has 0 fully saturated rings. The van der Waals surface area contributed by atoms with Crippen molar-refractivity contribution in [2.24, 2.45) is 0 Å². The SMILES string of the molecule is CCc1ccccc1-n1c(S[C@@H](C)C(=O)N(C)CCC#N)nc2ccccc2c1=O. The highest BCUT2D eigenvalue weighted by atomic mass is 32.2. The number of nitriles is 1. The fourth-order valence-corrected chi connectivity index (χ4v) is 4.31. The monoisotopic (exact) mass is 420 g/mol. The lowest BCUT2D eigenvalue weighted by Gasteiger charge is -2.21. The van der Waals surface area contributed by atoms with Crippen LogP contribution in [0.5, 0.6) is 0 Å². The van der Waals surface area contributed by atoms with Crippen molar-refractivity contribution in [2.75, 3.05) is 13.6 Å². The van der Waals surface area contributed by atoms with E-state index in [-0.39, 0.29) is 17.9 Å². The van der Waals surface area contributed by atoms with Crippen LogP contribution >= 0.6 is 11.8 Å². The molecule has 154 valence electrons. The van der Waals surface area contributed by atoms with Crippen LogP contribution in [0.3, 0.4) is 0 Å². The number of hydrogen-bond acceptors (Lipinski definition) is 5. The van der Waals surface area contributed by atoms with E-state index in [4.69, 9.17) is 10.2 Å². The van der Waals surface area contributed by atoms with E-state index in [9.17, 15) is 9.59 Å². The predicted molar refractivity (Wildman–Crippen MR) is 120 cm³/mol. The smallest absolute Gasteiger partial charge is 0.266 e. The molecule has 0 spiro atoms. The van der Waals surface area contributed by atoms with Crippen LogP contribution in [0.1, 0.15) is 25.8 Å². The van der Waals surface area contributed by atoms with Gasteiger partial charge in [0.1, 0.15) is 0 Å². The Labute approximate surface area is 180 Å². The number of carbonyl (C=O) groups is 1. The van der Waals surface area contributed by atoms with Crippen LogP contribution in [0.15, 0.2) is 58.5 Å². The lowest BCUT2D eigenvalue weighted by Crippen LogP contribution is -2.34. The number of nitrogens with zero attached hydrogens (tertiary/aromatic N) is 4. The number of aromatic nitrogens is 2. The molecule has 2 aromatic carbocycles. The normalized spacial score (nSPS) is 11.8. The van der Waals surface area contributed by atoms with Crippen LogP contribution in [0.25, 0.3) is 16.6 Å². The Morgan fingerprint density at radius 3 is 2.67 bits per heavy atom. The molecule has 7 heteroatoms. The van der Waals surface area contributed by atoms with Gasteiger partial charge in [-0.1, -0.05) is 49.0 Å². The predicted octanol–water partition coefficient (Wildman–Crippen LogP) is 3.80. The molecule has 1 atom stereocenters. The maximum absolute atomic E-state index is 13.4. The van der Waals surface area contributed by atoms with Gasteiger partial charge in [-0.3, -0.25) is 14.2 Å². The first-order valence-corrected chi connectivity index (χ1v) is 10.7. The van der Waals surface area contributed by atoms with Gasteiger partial charge in [0.05, 0.1) is 34.3 Å². The van der Waals surface area contributed by atoms with E-state index in [0.29, 0.717) is 22.6 Å². The summed E-state index contributed by atoms with van der Waals surface area (Å²) in [6.45, 7) is 4.21. The first-order chi connectivity index (χ1) is 14.5. The second-order valence-corrected chi connectivity index (χ2v) is 8.27. The molecule has 1 heterocycles. The summed E-state index contributed by atoms with van der Waals surface area (Å²) in [5, 5.41) is 9.34. The molecule has 3 aromatic rings. The number of aryl methyl sites for hydroxylation is 1. The zero-order valence-corrected chi connectivity index (χ0v) is 18.1. The van der Waals surface area contributed by atoms with Crippen LogP contribution in [0.4, 0.5) is 0 Å². The van der Waals surface area contributed by atoms with Crippen LogP contribution in [-0.2, 0) is 11.2 Å². The Balaban J connectivity index is 2.11. The van der Waals surface area contributed by atoms with Gasteiger partial charge in [-0.25, -0.2) is 4.98 Å². The topological polar surface area (TPSA) is 79.0 Å². The first kappa shape index (κ1) is 21.6. The van der Waals surface area contributed by atoms with Crippen molar-refractivity contribution in [3.8, 4) is 11.8 Å². The fraction of sp³-hybridized carbons (Fsp3) is 0.304. The first-order valence-electron chi connectivity index (χ1n) is 9.86. The number of para-hydroxylation sites is 2. The van der Waals surface area contributed by atoms with Gasteiger partial charge in [0.2, 0.25) is 5.91 Å². The number of thioether (sulfide) groups is 1. The molecule has 30 heavy (non-hydrogen) atoms. The van der Waals surface area contributed by atoms with Crippen molar-refractivity contribution in [1.82, 2.24) is 14.5 Å². The van der Waals surface area contributed by atoms with E-state index in [1.165, 1.54) is 11.8 Å². The Morgan fingerprint density at radius 1 is 1.23 bits per heavy atom. The zero-order chi connectivity index (χ0) is 21.7. The summed E-state index contributed by atoms with van der Waals surface area (Å²) in [5.41, 5.74) is 2.26. The van der Waals surface area contributed by atoms with Crippen molar-refractivity contribution in [1.29, 1.82) is 5.26 Å². The summed E-state index contributed by atoms with van der Waals surface area (Å²) in [7, 11) is 1.68. The third-order valence-electron chi connectivity index (χ3n) is 4.92. The van der Waals surface area contributed by atoms with Gasteiger partial charge in [-0.05, 0) is 37.1 Å². The van der Waals surface area contributed by atoms with Crippen LogP contribution in [0, 0.1) is 11.3 Å². The van der Waals surface area contributed by atoms with E-state index >= 15 is 0 Å². The highest BCUT2D eigenvalue weighted by Crippen LogP contribution is 2.27. The molecular weight excluding hydrogens is 396 g/mol. The lowest BCUT2D eigenvalue weighted by atomic mass is 10.1. The molecule has 0 radical (unpaired) electrons. The summed E-state index contributed by atoms with van der Waals surface area (Å²) in [6, 6.07) is 17.1. The van der Waals surface area contributed by atoms with E-state index in [2.05, 4.69) is 6.07 Å². The number of amides is 1. The average Bonchev–Trinajstić information content (AvgIpc) is 2.77. The minimum Gasteiger partial charge on any atom is -0.344 e. The Morgan fingerprint density at radius 2 is 1.93 bits per heavy atom. The van der Waals surface area contributed by atoms with Crippen LogP contribution in [0.2, 0.25) is 0 Å². The minimum absolute atomic E-state index is 0.104. The largest absolute Gasteiger partial charge is 0.344 e. The Kier molecular flexibility index (Phi) is 6.91. The highest BCUT2D eigenvalue weighted by Gasteiger charge is 2.23. The number of benzene rings is 2. The molecule has 1 amide bonds. The quantitative estimate of drug-likeness (QED) is 0.429. The van der Waals surface area contributed by atoms with E-state index in [0.717, 1.165) is 17.7 Å². The van der Waals surface area contributed by atoms with Gasteiger partial charge < -0.3 is 4.90 Å². The van der Waals surface area contributed by atoms with Gasteiger partial charge in [0, 0.05) is 13.6 Å². The number of carbonyl (C=O) groups excluding carboxylic acids is 1. The molecule has 0 N–H and O–H groups in total. The van der Waals surface area contributed by atoms with Crippen molar-refractivity contribution in [2.45, 2.75) is 37.1 Å². The average molecular weight is 421 g/mol. The molecule has 0 bridgehead atoms. The summed E-state index contributed by atoms with van der Waals surface area (Å²) >= 11 is 1.26. The Bertz CT molecular complexity index is 1170. The summed E-state index contributed by atoms with van der Waals surface area (Å²) in [5.74, 6) is -0.104. The van der Waals surface area contributed by atoms with Gasteiger partial charge in [-0.2, -0.15) is 5.26 Å². The zero-order valence-electron chi connectivity index (χ0n) is 17.3. The minimum atomic E-state index is -0.457. The van der Waals surface area contributed by atoms with Gasteiger partial charge in [-0.15, -0.1) is 0 Å². The van der Waals surface area contributed by atoms with Crippen LogP contribution in [-0.4, -0.2) is 39.2 Å². The van der Waals surface area contributed by atoms with Crippen molar-refractivity contribution in [3.63, 3.8) is 0 Å². The molecule has 6 nitrogen and oxygen atoms in total. The van der Waals surface area contributed by atoms with Gasteiger partial charge in [0.15, 0.2) is 5.16 Å². The molecule has 0 unspecified atom stereocenters. The van der Waals surface area contributed by atoms with Crippen molar-refractivity contribution < 1.29 is 4.79 Å². The standard InChI is InChI=1S/C23H24N4O2S/c1-4-17-10-5-8-13-20(17)27-22(29)18-11-6-7-12-19(18)25-23(27)30-16(2)21(28)26(3)15-9-14-24/h5-8,10-13,16H,4,9,15H2,1-3H3/t16-/m0/s1. The van der Waals surface area contributed by atoms with Gasteiger partial charge >= 0.3 is 0 Å². The maximum Gasteiger partial charge on any atom is 0.266 e. The number of rotatable bonds is 7. The molecule has 0 aliphatic rings.